The third kappa shape index (κ3) is 5.72. The molecule has 1 aliphatic heterocycles. The summed E-state index contributed by atoms with van der Waals surface area (Å²) in [6.07, 6.45) is 8.38. The van der Waals surface area contributed by atoms with Gasteiger partial charge in [0.05, 0.1) is 12.4 Å². The zero-order valence-electron chi connectivity index (χ0n) is 19.1. The first kappa shape index (κ1) is 23.3. The molecule has 2 atom stereocenters. The number of methoxy groups -OCH3 is 1. The van der Waals surface area contributed by atoms with Crippen LogP contribution in [0.25, 0.3) is 0 Å². The minimum Gasteiger partial charge on any atom is -0.384 e. The lowest BCUT2D eigenvalue weighted by atomic mass is 9.63. The van der Waals surface area contributed by atoms with Crippen LogP contribution in [0.3, 0.4) is 0 Å². The van der Waals surface area contributed by atoms with Crippen molar-refractivity contribution in [3.05, 3.63) is 65.7 Å². The van der Waals surface area contributed by atoms with E-state index in [1.807, 2.05) is 12.1 Å². The summed E-state index contributed by atoms with van der Waals surface area (Å²) in [4.78, 5) is 2.71. The molecule has 2 aliphatic rings. The number of benzene rings is 2. The van der Waals surface area contributed by atoms with Gasteiger partial charge in [-0.15, -0.1) is 0 Å². The standard InChI is InChI=1S/C26H36N2O3S/c1-31-18-19-32(29,30)27-24-12-5-11-23(20-24)26-14-6-13-25(21-26)28(17-15-26)16-7-10-22-8-3-2-4-9-22/h2-5,8-9,11-12,20,25,27H,6-7,10,13-19,21H2,1H3. The van der Waals surface area contributed by atoms with E-state index in [9.17, 15) is 8.42 Å². The maximum absolute atomic E-state index is 12.3. The van der Waals surface area contributed by atoms with Crippen LogP contribution in [0.5, 0.6) is 0 Å². The van der Waals surface area contributed by atoms with Gasteiger partial charge in [-0.3, -0.25) is 4.72 Å². The Bertz CT molecular complexity index is 980. The quantitative estimate of drug-likeness (QED) is 0.568. The molecular weight excluding hydrogens is 420 g/mol. The Morgan fingerprint density at radius 3 is 2.78 bits per heavy atom. The lowest BCUT2D eigenvalue weighted by molar-refractivity contribution is 0.0509. The van der Waals surface area contributed by atoms with Crippen molar-refractivity contribution in [3.8, 4) is 0 Å². The summed E-state index contributed by atoms with van der Waals surface area (Å²) < 4.78 is 32.3. The fourth-order valence-corrected chi connectivity index (χ4v) is 6.55. The van der Waals surface area contributed by atoms with Crippen molar-refractivity contribution in [1.82, 2.24) is 4.90 Å². The highest BCUT2D eigenvalue weighted by atomic mass is 32.2. The van der Waals surface area contributed by atoms with Gasteiger partial charge in [-0.2, -0.15) is 0 Å². The molecule has 1 aliphatic carbocycles. The highest BCUT2D eigenvalue weighted by Crippen LogP contribution is 2.47. The van der Waals surface area contributed by atoms with Gasteiger partial charge in [0.2, 0.25) is 10.0 Å². The number of fused-ring (bicyclic) bond motifs is 2. The van der Waals surface area contributed by atoms with Crippen LogP contribution in [-0.2, 0) is 26.6 Å². The maximum Gasteiger partial charge on any atom is 0.234 e. The molecule has 2 aromatic carbocycles. The molecule has 0 amide bonds. The van der Waals surface area contributed by atoms with E-state index in [4.69, 9.17) is 4.74 Å². The van der Waals surface area contributed by atoms with Crippen molar-refractivity contribution in [3.63, 3.8) is 0 Å². The third-order valence-corrected chi connectivity index (χ3v) is 8.52. The van der Waals surface area contributed by atoms with Gasteiger partial charge in [0.25, 0.3) is 0 Å². The predicted octanol–water partition coefficient (Wildman–Crippen LogP) is 4.59. The van der Waals surface area contributed by atoms with Crippen LogP contribution in [0.15, 0.2) is 54.6 Å². The molecular formula is C26H36N2O3S. The first-order chi connectivity index (χ1) is 15.5. The van der Waals surface area contributed by atoms with Gasteiger partial charge >= 0.3 is 0 Å². The second kappa shape index (κ2) is 10.4. The summed E-state index contributed by atoms with van der Waals surface area (Å²) in [5.74, 6) is -0.0289. The van der Waals surface area contributed by atoms with Crippen molar-refractivity contribution < 1.29 is 13.2 Å². The summed E-state index contributed by atoms with van der Waals surface area (Å²) in [5.41, 5.74) is 3.55. The van der Waals surface area contributed by atoms with Crippen LogP contribution >= 0.6 is 0 Å². The molecule has 6 heteroatoms. The van der Waals surface area contributed by atoms with Gasteiger partial charge in [0.1, 0.15) is 0 Å². The fraction of sp³-hybridized carbons (Fsp3) is 0.538. The first-order valence-corrected chi connectivity index (χ1v) is 13.5. The van der Waals surface area contributed by atoms with Crippen LogP contribution in [0.2, 0.25) is 0 Å². The molecule has 1 heterocycles. The molecule has 2 aromatic rings. The number of aryl methyl sites for hydroxylation is 1. The molecule has 1 N–H and O–H groups in total. The normalized spacial score (nSPS) is 23.7. The van der Waals surface area contributed by atoms with Gasteiger partial charge in [-0.05, 0) is 80.3 Å². The average Bonchev–Trinajstić information content (AvgIpc) is 2.80. The predicted molar refractivity (Wildman–Crippen MR) is 131 cm³/mol. The molecule has 1 saturated carbocycles. The van der Waals surface area contributed by atoms with E-state index in [1.165, 1.54) is 50.3 Å². The topological polar surface area (TPSA) is 58.6 Å². The Morgan fingerprint density at radius 2 is 1.97 bits per heavy atom. The molecule has 0 aromatic heterocycles. The van der Waals surface area contributed by atoms with Gasteiger partial charge in [0.15, 0.2) is 0 Å². The minimum atomic E-state index is -3.39. The maximum atomic E-state index is 12.3. The number of nitrogens with zero attached hydrogens (tertiary/aromatic N) is 1. The molecule has 0 radical (unpaired) electrons. The van der Waals surface area contributed by atoms with Crippen molar-refractivity contribution in [1.29, 1.82) is 0 Å². The Hall–Kier alpha value is -1.89. The van der Waals surface area contributed by atoms with E-state index in [1.54, 1.807) is 0 Å². The van der Waals surface area contributed by atoms with Crippen LogP contribution in [0, 0.1) is 0 Å². The SMILES string of the molecule is COCCS(=O)(=O)Nc1cccc(C23CCCC(C2)N(CCCc2ccccc2)CC3)c1. The molecule has 2 unspecified atom stereocenters. The Kier molecular flexibility index (Phi) is 7.54. The summed E-state index contributed by atoms with van der Waals surface area (Å²) in [6, 6.07) is 19.5. The zero-order valence-corrected chi connectivity index (χ0v) is 19.9. The van der Waals surface area contributed by atoms with Crippen LogP contribution in [-0.4, -0.2) is 51.9 Å². The Balaban J connectivity index is 1.39. The number of sulfonamides is 1. The second-order valence-electron chi connectivity index (χ2n) is 9.40. The van der Waals surface area contributed by atoms with E-state index >= 15 is 0 Å². The Morgan fingerprint density at radius 1 is 1.12 bits per heavy atom. The number of piperidine rings is 1. The summed E-state index contributed by atoms with van der Waals surface area (Å²) in [6.45, 7) is 2.49. The molecule has 174 valence electrons. The Labute approximate surface area is 193 Å². The monoisotopic (exact) mass is 456 g/mol. The van der Waals surface area contributed by atoms with Gasteiger partial charge in [-0.1, -0.05) is 48.9 Å². The molecule has 4 rings (SSSR count). The number of rotatable bonds is 10. The third-order valence-electron chi connectivity index (χ3n) is 7.27. The number of hydrogen-bond donors (Lipinski definition) is 1. The van der Waals surface area contributed by atoms with Crippen molar-refractivity contribution >= 4 is 15.7 Å². The van der Waals surface area contributed by atoms with E-state index in [0.717, 1.165) is 25.9 Å². The second-order valence-corrected chi connectivity index (χ2v) is 11.2. The molecule has 2 fully saturated rings. The number of hydrogen-bond acceptors (Lipinski definition) is 4. The molecule has 2 bridgehead atoms. The van der Waals surface area contributed by atoms with E-state index < -0.39 is 10.0 Å². The summed E-state index contributed by atoms with van der Waals surface area (Å²) in [5, 5.41) is 0. The van der Waals surface area contributed by atoms with Crippen LogP contribution in [0.1, 0.15) is 49.7 Å². The lowest BCUT2D eigenvalue weighted by Gasteiger charge is -2.51. The molecule has 5 nitrogen and oxygen atoms in total. The van der Waals surface area contributed by atoms with Crippen molar-refractivity contribution in [2.75, 3.05) is 37.3 Å². The van der Waals surface area contributed by atoms with E-state index in [0.29, 0.717) is 11.7 Å². The zero-order chi connectivity index (χ0) is 22.4. The fourth-order valence-electron chi connectivity index (χ4n) is 5.58. The van der Waals surface area contributed by atoms with Gasteiger partial charge in [-0.25, -0.2) is 8.42 Å². The first-order valence-electron chi connectivity index (χ1n) is 11.9. The highest BCUT2D eigenvalue weighted by Gasteiger charge is 2.43. The molecule has 0 spiro atoms. The van der Waals surface area contributed by atoms with Crippen molar-refractivity contribution in [2.24, 2.45) is 0 Å². The van der Waals surface area contributed by atoms with Gasteiger partial charge in [0, 0.05) is 18.8 Å². The summed E-state index contributed by atoms with van der Waals surface area (Å²) in [7, 11) is -1.88. The summed E-state index contributed by atoms with van der Waals surface area (Å²) >= 11 is 0. The van der Waals surface area contributed by atoms with Gasteiger partial charge < -0.3 is 9.64 Å². The number of ether oxygens (including phenoxy) is 1. The highest BCUT2D eigenvalue weighted by molar-refractivity contribution is 7.92. The van der Waals surface area contributed by atoms with E-state index in [-0.39, 0.29) is 17.8 Å². The largest absolute Gasteiger partial charge is 0.384 e. The number of anilines is 1. The number of nitrogens with one attached hydrogen (secondary N) is 1. The van der Waals surface area contributed by atoms with Crippen LogP contribution in [0.4, 0.5) is 5.69 Å². The lowest BCUT2D eigenvalue weighted by Crippen LogP contribution is -2.51. The van der Waals surface area contributed by atoms with Crippen molar-refractivity contribution in [2.45, 2.75) is 56.4 Å². The smallest absolute Gasteiger partial charge is 0.234 e. The number of likely N-dealkylation sites (tertiary alicyclic amines) is 1. The average molecular weight is 457 g/mol. The molecule has 32 heavy (non-hydrogen) atoms. The van der Waals surface area contributed by atoms with E-state index in [2.05, 4.69) is 52.1 Å². The van der Waals surface area contributed by atoms with Crippen LogP contribution < -0.4 is 4.72 Å². The minimum absolute atomic E-state index is 0.0289. The molecule has 1 saturated heterocycles.